The minimum absolute atomic E-state index is 0.531. The second-order valence-corrected chi connectivity index (χ2v) is 25.8. The van der Waals surface area contributed by atoms with Gasteiger partial charge in [-0.2, -0.15) is 0 Å². The van der Waals surface area contributed by atoms with Crippen LogP contribution in [0, 0.1) is 0 Å². The molecule has 0 bridgehead atoms. The van der Waals surface area contributed by atoms with Crippen LogP contribution in [0.25, 0.3) is 97.4 Å². The summed E-state index contributed by atoms with van der Waals surface area (Å²) in [6.45, 7) is 0. The molecule has 0 atom stereocenters. The van der Waals surface area contributed by atoms with Gasteiger partial charge in [0.25, 0.3) is 0 Å². The minimum atomic E-state index is -3.07. The van der Waals surface area contributed by atoms with Gasteiger partial charge in [0.2, 0.25) is 0 Å². The van der Waals surface area contributed by atoms with Crippen molar-refractivity contribution in [1.82, 2.24) is 9.13 Å². The number of aromatic nitrogens is 2. The van der Waals surface area contributed by atoms with Gasteiger partial charge in [-0.25, -0.2) is 0 Å². The summed E-state index contributed by atoms with van der Waals surface area (Å²) in [5.41, 5.74) is 17.2. The third-order valence-corrected chi connectivity index (χ3v) is 23.6. The van der Waals surface area contributed by atoms with Crippen molar-refractivity contribution < 1.29 is 0 Å². The topological polar surface area (TPSA) is 9.86 Å². The molecule has 1 aliphatic heterocycles. The Morgan fingerprint density at radius 1 is 0.299 bits per heavy atom. The molecule has 4 heteroatoms. The number of para-hydroxylation sites is 3. The molecule has 0 saturated heterocycles. The Balaban J connectivity index is 0.948. The van der Waals surface area contributed by atoms with Gasteiger partial charge in [0.15, 0.2) is 8.07 Å². The molecule has 12 aromatic carbocycles. The standard InChI is InChI=1S/C73H46N2SSi/c1-3-21-49(22-4-1)77(50-23-5-2-6-24-50)69-40-18-14-36-63(69)73(61-34-12-7-25-51(61)52-26-8-13-35-62(52)73)64-43-41-48(46-70(64)77)74-65-37-15-10-28-54(65)60-45-47(42-44-67(60)74)75-66-38-16-9-27-53(66)56-30-19-31-57(71(56)75)59-33-20-32-58-55-29-11-17-39-68(55)76-72(58)59/h1-46H. The van der Waals surface area contributed by atoms with E-state index >= 15 is 0 Å². The maximum atomic E-state index is 2.62. The molecule has 2 aliphatic rings. The summed E-state index contributed by atoms with van der Waals surface area (Å²) in [7, 11) is -3.07. The SMILES string of the molecule is c1ccc([Si]2(c3ccccc3)c3ccccc3C3(c4ccccc4-c4ccccc43)c3ccc(-n4c5ccccc5c5cc(-n6c7ccccc7c7cccc(-c8cccc9c8sc8ccccc89)c76)ccc54)cc32)cc1. The zero-order valence-corrected chi connectivity index (χ0v) is 43.7. The molecule has 15 aromatic rings. The van der Waals surface area contributed by atoms with Crippen molar-refractivity contribution in [2.45, 2.75) is 5.41 Å². The third kappa shape index (κ3) is 5.63. The highest BCUT2D eigenvalue weighted by Gasteiger charge is 2.58. The molecule has 358 valence electrons. The molecule has 0 unspecified atom stereocenters. The molecule has 4 heterocycles. The van der Waals surface area contributed by atoms with Crippen LogP contribution in [0.15, 0.2) is 279 Å². The molecule has 3 aromatic heterocycles. The third-order valence-electron chi connectivity index (χ3n) is 17.5. The van der Waals surface area contributed by atoms with E-state index in [4.69, 9.17) is 0 Å². The Hall–Kier alpha value is -9.32. The van der Waals surface area contributed by atoms with E-state index < -0.39 is 13.5 Å². The average molecular weight is 1010 g/mol. The predicted octanol–water partition coefficient (Wildman–Crippen LogP) is 16.0. The summed E-state index contributed by atoms with van der Waals surface area (Å²) in [5, 5.41) is 13.2. The van der Waals surface area contributed by atoms with Crippen molar-refractivity contribution in [3.05, 3.63) is 301 Å². The Labute approximate surface area is 450 Å². The molecule has 1 aliphatic carbocycles. The van der Waals surface area contributed by atoms with E-state index in [1.165, 1.54) is 129 Å². The van der Waals surface area contributed by atoms with Crippen molar-refractivity contribution in [2.75, 3.05) is 0 Å². The van der Waals surface area contributed by atoms with E-state index in [1.54, 1.807) is 0 Å². The fourth-order valence-electron chi connectivity index (χ4n) is 14.6. The number of fused-ring (bicyclic) bond motifs is 18. The van der Waals surface area contributed by atoms with Crippen molar-refractivity contribution in [3.63, 3.8) is 0 Å². The number of thiophene rings is 1. The molecule has 2 nitrogen and oxygen atoms in total. The van der Waals surface area contributed by atoms with Crippen molar-refractivity contribution in [1.29, 1.82) is 0 Å². The molecule has 17 rings (SSSR count). The number of benzene rings is 12. The van der Waals surface area contributed by atoms with Gasteiger partial charge in [-0.1, -0.05) is 231 Å². The molecule has 0 saturated carbocycles. The van der Waals surface area contributed by atoms with Crippen LogP contribution in [0.3, 0.4) is 0 Å². The number of hydrogen-bond acceptors (Lipinski definition) is 1. The lowest BCUT2D eigenvalue weighted by Gasteiger charge is -2.49. The van der Waals surface area contributed by atoms with Crippen molar-refractivity contribution in [2.24, 2.45) is 0 Å². The van der Waals surface area contributed by atoms with Crippen LogP contribution in [0.2, 0.25) is 0 Å². The molecular formula is C73H46N2SSi. The second kappa shape index (κ2) is 16.1. The van der Waals surface area contributed by atoms with E-state index in [0.717, 1.165) is 11.4 Å². The van der Waals surface area contributed by atoms with Gasteiger partial charge >= 0.3 is 0 Å². The lowest BCUT2D eigenvalue weighted by molar-refractivity contribution is 0.773. The first-order chi connectivity index (χ1) is 38.2. The molecule has 0 radical (unpaired) electrons. The van der Waals surface area contributed by atoms with Crippen LogP contribution in [0.1, 0.15) is 22.3 Å². The highest BCUT2D eigenvalue weighted by Crippen LogP contribution is 2.57. The van der Waals surface area contributed by atoms with E-state index in [1.807, 2.05) is 11.3 Å². The summed E-state index contributed by atoms with van der Waals surface area (Å²) in [6.07, 6.45) is 0. The largest absolute Gasteiger partial charge is 0.309 e. The van der Waals surface area contributed by atoms with Gasteiger partial charge in [-0.15, -0.1) is 11.3 Å². The lowest BCUT2D eigenvalue weighted by atomic mass is 9.67. The van der Waals surface area contributed by atoms with E-state index in [0.29, 0.717) is 0 Å². The second-order valence-electron chi connectivity index (χ2n) is 21.0. The Morgan fingerprint density at radius 2 is 0.792 bits per heavy atom. The van der Waals surface area contributed by atoms with Crippen LogP contribution < -0.4 is 20.7 Å². The maximum absolute atomic E-state index is 3.07. The molecule has 77 heavy (non-hydrogen) atoms. The first kappa shape index (κ1) is 43.0. The van der Waals surface area contributed by atoms with Crippen molar-refractivity contribution >= 4 is 104 Å². The number of rotatable bonds is 5. The smallest absolute Gasteiger partial charge is 0.180 e. The zero-order chi connectivity index (χ0) is 50.4. The monoisotopic (exact) mass is 1010 g/mol. The molecule has 0 amide bonds. The summed E-state index contributed by atoms with van der Waals surface area (Å²) in [4.78, 5) is 0. The first-order valence-electron chi connectivity index (χ1n) is 26.7. The fraction of sp³-hybridized carbons (Fsp3) is 0.0137. The van der Waals surface area contributed by atoms with Crippen LogP contribution in [0.4, 0.5) is 0 Å². The number of nitrogens with zero attached hydrogens (tertiary/aromatic N) is 2. The fourth-order valence-corrected chi connectivity index (χ4v) is 21.1. The highest BCUT2D eigenvalue weighted by molar-refractivity contribution is 7.26. The van der Waals surface area contributed by atoms with E-state index in [9.17, 15) is 0 Å². The Morgan fingerprint density at radius 3 is 1.52 bits per heavy atom. The van der Waals surface area contributed by atoms with Gasteiger partial charge < -0.3 is 9.13 Å². The first-order valence-corrected chi connectivity index (χ1v) is 29.6. The summed E-state index contributed by atoms with van der Waals surface area (Å²) < 4.78 is 7.72. The summed E-state index contributed by atoms with van der Waals surface area (Å²) in [5.74, 6) is 0. The molecule has 0 N–H and O–H groups in total. The van der Waals surface area contributed by atoms with Gasteiger partial charge in [0.05, 0.1) is 27.5 Å². The zero-order valence-electron chi connectivity index (χ0n) is 41.9. The van der Waals surface area contributed by atoms with Crippen LogP contribution in [0.5, 0.6) is 0 Å². The normalized spacial score (nSPS) is 13.9. The average Bonchev–Trinajstić information content (AvgIpc) is 4.39. The maximum Gasteiger partial charge on any atom is 0.180 e. The summed E-state index contributed by atoms with van der Waals surface area (Å²) >= 11 is 1.90. The lowest BCUT2D eigenvalue weighted by Crippen LogP contribution is -2.79. The quantitative estimate of drug-likeness (QED) is 0.152. The Bertz CT molecular complexity index is 4860. The molecular weight excluding hydrogens is 965 g/mol. The van der Waals surface area contributed by atoms with Crippen LogP contribution in [-0.2, 0) is 5.41 Å². The minimum Gasteiger partial charge on any atom is -0.309 e. The van der Waals surface area contributed by atoms with E-state index in [-0.39, 0.29) is 0 Å². The summed E-state index contributed by atoms with van der Waals surface area (Å²) in [6, 6.07) is 106. The highest BCUT2D eigenvalue weighted by atomic mass is 32.1. The number of hydrogen-bond donors (Lipinski definition) is 0. The molecule has 1 spiro atoms. The van der Waals surface area contributed by atoms with Gasteiger partial charge in [-0.3, -0.25) is 0 Å². The van der Waals surface area contributed by atoms with Crippen LogP contribution in [-0.4, -0.2) is 17.2 Å². The predicted molar refractivity (Wildman–Crippen MR) is 328 cm³/mol. The van der Waals surface area contributed by atoms with Gasteiger partial charge in [0.1, 0.15) is 0 Å². The van der Waals surface area contributed by atoms with Crippen LogP contribution >= 0.6 is 11.3 Å². The van der Waals surface area contributed by atoms with E-state index in [2.05, 4.69) is 288 Å². The molecule has 0 fully saturated rings. The van der Waals surface area contributed by atoms with Gasteiger partial charge in [-0.05, 0) is 103 Å². The van der Waals surface area contributed by atoms with Crippen molar-refractivity contribution in [3.8, 4) is 33.6 Å². The van der Waals surface area contributed by atoms with Gasteiger partial charge in [0, 0.05) is 64.2 Å². The Kier molecular flexibility index (Phi) is 8.98.